The second-order valence-corrected chi connectivity index (χ2v) is 25.2. The lowest BCUT2D eigenvalue weighted by molar-refractivity contribution is -0.296. The number of amides is 1. The van der Waals surface area contributed by atoms with Crippen molar-refractivity contribution in [3.8, 4) is 17.6 Å². The third-order valence-electron chi connectivity index (χ3n) is 16.6. The van der Waals surface area contributed by atoms with E-state index in [1.807, 2.05) is 78.9 Å². The van der Waals surface area contributed by atoms with Crippen LogP contribution in [0.4, 0.5) is 0 Å². The maximum absolute atomic E-state index is 14.8. The van der Waals surface area contributed by atoms with Crippen molar-refractivity contribution >= 4 is 44.1 Å². The van der Waals surface area contributed by atoms with Crippen molar-refractivity contribution in [3.63, 3.8) is 0 Å². The zero-order valence-corrected chi connectivity index (χ0v) is 56.5. The maximum atomic E-state index is 14.8. The van der Waals surface area contributed by atoms with Crippen LogP contribution in [0.5, 0.6) is 11.5 Å². The molecule has 1 heterocycles. The summed E-state index contributed by atoms with van der Waals surface area (Å²) in [7, 11) is 1.53. The summed E-state index contributed by atoms with van der Waals surface area (Å²) in [6, 6.07) is 59.3. The van der Waals surface area contributed by atoms with E-state index in [1.165, 1.54) is 48.5 Å². The number of carbonyl (C=O) groups excluding carboxylic acids is 6. The van der Waals surface area contributed by atoms with E-state index in [9.17, 15) is 34.0 Å². The zero-order valence-electron chi connectivity index (χ0n) is 55.6. The lowest BCUT2D eigenvalue weighted by Crippen LogP contribution is -2.63. The first-order valence-electron chi connectivity index (χ1n) is 32.5. The summed E-state index contributed by atoms with van der Waals surface area (Å²) in [5.41, 5.74) is 1.73. The van der Waals surface area contributed by atoms with Gasteiger partial charge in [0.25, 0.3) is 8.53 Å². The molecular formula is C76H82N3O18P. The number of rotatable bonds is 34. The first kappa shape index (κ1) is 73.1. The third-order valence-corrected chi connectivity index (χ3v) is 18.8. The van der Waals surface area contributed by atoms with Crippen molar-refractivity contribution in [2.24, 2.45) is 11.8 Å². The quantitative estimate of drug-likeness (QED) is 0.0129. The lowest BCUT2D eigenvalue weighted by Gasteiger charge is -2.44. The molecule has 0 bridgehead atoms. The van der Waals surface area contributed by atoms with Crippen LogP contribution >= 0.6 is 8.53 Å². The minimum absolute atomic E-state index is 0.0236. The predicted molar refractivity (Wildman–Crippen MR) is 362 cm³/mol. The van der Waals surface area contributed by atoms with Crippen LogP contribution in [0.2, 0.25) is 0 Å². The number of hydrogen-bond donors (Lipinski definition) is 1. The summed E-state index contributed by atoms with van der Waals surface area (Å²) in [4.78, 5) is 84.5. The van der Waals surface area contributed by atoms with E-state index in [-0.39, 0.29) is 79.5 Å². The Balaban J connectivity index is 0.936. The predicted octanol–water partition coefficient (Wildman–Crippen LogP) is 11.7. The van der Waals surface area contributed by atoms with E-state index in [0.29, 0.717) is 24.3 Å². The number of nitrogens with one attached hydrogen (secondary N) is 1. The average molecular weight is 1360 g/mol. The molecular weight excluding hydrogens is 1270 g/mol. The van der Waals surface area contributed by atoms with Crippen LogP contribution in [-0.4, -0.2) is 150 Å². The van der Waals surface area contributed by atoms with E-state index in [0.717, 1.165) is 16.7 Å². The van der Waals surface area contributed by atoms with Gasteiger partial charge >= 0.3 is 23.9 Å². The Hall–Kier alpha value is -9.20. The Kier molecular flexibility index (Phi) is 27.1. The smallest absolute Gasteiger partial charge is 0.338 e. The number of nitriles is 1. The Morgan fingerprint density at radius 2 is 1.04 bits per heavy atom. The van der Waals surface area contributed by atoms with E-state index in [1.54, 1.807) is 87.0 Å². The molecule has 4 unspecified atom stereocenters. The fraction of sp³-hybridized carbons (Fsp3) is 0.355. The van der Waals surface area contributed by atoms with Crippen LogP contribution in [0.3, 0.4) is 0 Å². The minimum atomic E-state index is -1.75. The van der Waals surface area contributed by atoms with Gasteiger partial charge in [-0.3, -0.25) is 9.59 Å². The molecule has 1 saturated heterocycles. The van der Waals surface area contributed by atoms with Gasteiger partial charge < -0.3 is 61.7 Å². The fourth-order valence-electron chi connectivity index (χ4n) is 11.9. The number of ketones is 1. The number of ether oxygens (including phenoxy) is 10. The highest BCUT2D eigenvalue weighted by Gasteiger charge is 2.54. The highest BCUT2D eigenvalue weighted by atomic mass is 31.2. The molecule has 0 aromatic heterocycles. The fourth-order valence-corrected chi connectivity index (χ4v) is 13.6. The number of hydrogen-bond acceptors (Lipinski definition) is 20. The van der Waals surface area contributed by atoms with Crippen molar-refractivity contribution in [1.29, 1.82) is 5.26 Å². The molecule has 7 aromatic carbocycles. The number of Topliss-reactive ketones (excluding diaryl/α,β-unsaturated/α-hetero) is 1. The van der Waals surface area contributed by atoms with Gasteiger partial charge in [0.2, 0.25) is 5.91 Å². The second-order valence-electron chi connectivity index (χ2n) is 23.8. The molecule has 2 fully saturated rings. The van der Waals surface area contributed by atoms with Gasteiger partial charge in [-0.1, -0.05) is 127 Å². The molecule has 21 nitrogen and oxygen atoms in total. The van der Waals surface area contributed by atoms with Gasteiger partial charge in [0.15, 0.2) is 30.4 Å². The molecule has 1 saturated carbocycles. The van der Waals surface area contributed by atoms with Crippen LogP contribution in [0.15, 0.2) is 200 Å². The molecule has 22 heteroatoms. The van der Waals surface area contributed by atoms with Crippen LogP contribution in [0.1, 0.15) is 105 Å². The van der Waals surface area contributed by atoms with Crippen molar-refractivity contribution in [2.75, 3.05) is 60.4 Å². The van der Waals surface area contributed by atoms with Gasteiger partial charge in [0.05, 0.1) is 74.9 Å². The van der Waals surface area contributed by atoms with Crippen molar-refractivity contribution in [3.05, 3.63) is 239 Å². The molecule has 0 radical (unpaired) electrons. The Labute approximate surface area is 572 Å². The molecule has 9 rings (SSSR count). The van der Waals surface area contributed by atoms with Gasteiger partial charge in [-0.2, -0.15) is 5.26 Å². The highest BCUT2D eigenvalue weighted by Crippen LogP contribution is 2.52. The van der Waals surface area contributed by atoms with E-state index >= 15 is 0 Å². The van der Waals surface area contributed by atoms with Crippen LogP contribution in [0, 0.1) is 23.2 Å². The van der Waals surface area contributed by atoms with Crippen LogP contribution < -0.4 is 14.8 Å². The monoisotopic (exact) mass is 1360 g/mol. The van der Waals surface area contributed by atoms with E-state index < -0.39 is 106 Å². The largest absolute Gasteiger partial charge is 0.497 e. The SMILES string of the molecule is COc1ccc(C(OC[C@@H]2C[C@@H](OP(OCCC#N)N(C(C)C)C(C)C)CC2C(=O)COCCNC(=O)CO[C@H]2OC(COC(=O)c3ccccc3)[C@@H](OC(=O)c3ccccc3)[C@H](OC(=O)c3ccccc3)C2OC(=O)c2ccccc2)(c2ccccc2)c2ccc(OC)cc2)cc1. The first-order valence-corrected chi connectivity index (χ1v) is 33.6. The standard InChI is InChI=1S/C76H82N3O18P/c1-51(2)79(52(3)4)98(92-43-22-41-77)97-63-45-57(47-91-76(58-31-20-11-21-32-58,59-33-37-61(86-5)38-34-59)60-35-39-62(87-6)40-36-60)64(46-63)65(80)48-88-44-42-78-67(81)50-90-75-70(96-74(85)56-29-18-10-19-30-56)69(95-73(84)55-27-16-9-17-28-55)68(94-72(83)54-25-14-8-15-26-54)66(93-75)49-89-71(82)53-23-12-7-13-24-53/h7-21,23-40,51-52,57,63-64,66,68-70,75H,22,42-50H2,1-6H3,(H,78,81)/t57-,63+,64?,66?,68+,69-,70?,75-,98?/m0/s1. The first-order chi connectivity index (χ1) is 47.6. The molecule has 2 aliphatic rings. The molecule has 98 heavy (non-hydrogen) atoms. The number of methoxy groups -OCH3 is 2. The van der Waals surface area contributed by atoms with Crippen LogP contribution in [0.25, 0.3) is 0 Å². The molecule has 7 aromatic rings. The van der Waals surface area contributed by atoms with Gasteiger partial charge in [-0.25, -0.2) is 23.8 Å². The van der Waals surface area contributed by atoms with E-state index in [2.05, 4.69) is 43.8 Å². The summed E-state index contributed by atoms with van der Waals surface area (Å²) >= 11 is 0. The summed E-state index contributed by atoms with van der Waals surface area (Å²) < 4.78 is 76.8. The number of carbonyl (C=O) groups is 6. The minimum Gasteiger partial charge on any atom is -0.497 e. The van der Waals surface area contributed by atoms with Crippen LogP contribution in [-0.2, 0) is 62.1 Å². The molecule has 9 atom stereocenters. The average Bonchev–Trinajstić information content (AvgIpc) is 0.836. The molecule has 1 amide bonds. The lowest BCUT2D eigenvalue weighted by atomic mass is 9.79. The topological polar surface area (TPSA) is 252 Å². The Morgan fingerprint density at radius 1 is 0.571 bits per heavy atom. The van der Waals surface area contributed by atoms with Gasteiger partial charge in [0, 0.05) is 24.5 Å². The molecule has 514 valence electrons. The molecule has 0 spiro atoms. The molecule has 1 aliphatic heterocycles. The van der Waals surface area contributed by atoms with Gasteiger partial charge in [-0.05, 0) is 136 Å². The molecule has 1 aliphatic carbocycles. The number of esters is 4. The van der Waals surface area contributed by atoms with Gasteiger partial charge in [-0.15, -0.1) is 0 Å². The number of nitrogens with zero attached hydrogens (tertiary/aromatic N) is 2. The summed E-state index contributed by atoms with van der Waals surface area (Å²) in [5, 5.41) is 12.2. The second kappa shape index (κ2) is 36.4. The van der Waals surface area contributed by atoms with Gasteiger partial charge in [0.1, 0.15) is 43.0 Å². The third kappa shape index (κ3) is 19.3. The summed E-state index contributed by atoms with van der Waals surface area (Å²) in [6.07, 6.45) is -7.90. The number of benzene rings is 7. The van der Waals surface area contributed by atoms with Crippen molar-refractivity contribution in [2.45, 2.75) is 101 Å². The molecule has 1 N–H and O–H groups in total. The van der Waals surface area contributed by atoms with Crippen molar-refractivity contribution in [1.82, 2.24) is 9.99 Å². The Bertz CT molecular complexity index is 3660. The summed E-state index contributed by atoms with van der Waals surface area (Å²) in [5.74, 6) is -4.12. The summed E-state index contributed by atoms with van der Waals surface area (Å²) in [6.45, 7) is 6.58. The van der Waals surface area contributed by atoms with Crippen molar-refractivity contribution < 1.29 is 85.2 Å². The Morgan fingerprint density at radius 3 is 1.53 bits per heavy atom. The maximum Gasteiger partial charge on any atom is 0.338 e. The van der Waals surface area contributed by atoms with E-state index in [4.69, 9.17) is 56.4 Å². The zero-order chi connectivity index (χ0) is 69.4. The highest BCUT2D eigenvalue weighted by molar-refractivity contribution is 7.44. The normalized spacial score (nSPS) is 19.4.